The van der Waals surface area contributed by atoms with Crippen molar-refractivity contribution in [3.63, 3.8) is 0 Å². The number of carbonyl (C=O) groups excluding carboxylic acids is 2. The van der Waals surface area contributed by atoms with Crippen LogP contribution in [0.4, 0.5) is 0 Å². The van der Waals surface area contributed by atoms with Crippen LogP contribution in [0.15, 0.2) is 85.1 Å². The lowest BCUT2D eigenvalue weighted by atomic mass is 10.1. The van der Waals surface area contributed by atoms with Crippen LogP contribution in [0.25, 0.3) is 0 Å². The Morgan fingerprint density at radius 2 is 0.917 bits per heavy atom. The SMILES string of the molecule is CCCCC/C=C/C/C=C/C/C=C/C/C=C/C/C=C/CCC(=O)OC[C@H](COP(=O)(O)OC[C@H](N)C(=O)O)OC(=O)CCC/C=C/C/C=C/CCCCCCCCCCC. The van der Waals surface area contributed by atoms with E-state index < -0.39 is 57.7 Å². The number of esters is 2. The molecule has 1 unspecified atom stereocenters. The van der Waals surface area contributed by atoms with Crippen molar-refractivity contribution >= 4 is 25.7 Å². The van der Waals surface area contributed by atoms with E-state index in [1.54, 1.807) is 0 Å². The summed E-state index contributed by atoms with van der Waals surface area (Å²) < 4.78 is 32.6. The minimum absolute atomic E-state index is 0.0776. The Hall–Kier alpha value is -3.34. The number of unbranched alkanes of at least 4 members (excludes halogenated alkanes) is 13. The van der Waals surface area contributed by atoms with Crippen LogP contribution in [-0.2, 0) is 37.5 Å². The Balaban J connectivity index is 4.54. The summed E-state index contributed by atoms with van der Waals surface area (Å²) in [5.74, 6) is -2.55. The molecule has 0 aliphatic carbocycles. The molecule has 0 saturated carbocycles. The predicted molar refractivity (Wildman–Crippen MR) is 244 cm³/mol. The number of nitrogens with two attached hydrogens (primary N) is 1. The van der Waals surface area contributed by atoms with Gasteiger partial charge in [-0.15, -0.1) is 0 Å². The minimum Gasteiger partial charge on any atom is -0.480 e. The van der Waals surface area contributed by atoms with Crippen molar-refractivity contribution in [2.45, 2.75) is 180 Å². The molecular formula is C48H80NO10P. The van der Waals surface area contributed by atoms with E-state index in [2.05, 4.69) is 85.2 Å². The van der Waals surface area contributed by atoms with Crippen LogP contribution >= 0.6 is 7.82 Å². The number of hydrogen-bond donors (Lipinski definition) is 3. The number of phosphoric acid groups is 1. The molecule has 0 aromatic carbocycles. The maximum absolute atomic E-state index is 12.6. The van der Waals surface area contributed by atoms with Gasteiger partial charge in [-0.1, -0.05) is 163 Å². The van der Waals surface area contributed by atoms with Crippen molar-refractivity contribution < 1.29 is 47.5 Å². The van der Waals surface area contributed by atoms with Crippen LogP contribution in [0.5, 0.6) is 0 Å². The summed E-state index contributed by atoms with van der Waals surface area (Å²) in [6, 6.07) is -1.54. The predicted octanol–water partition coefficient (Wildman–Crippen LogP) is 12.3. The summed E-state index contributed by atoms with van der Waals surface area (Å²) in [5.41, 5.74) is 5.33. The molecule has 342 valence electrons. The molecule has 12 heteroatoms. The molecular weight excluding hydrogens is 781 g/mol. The third-order valence-corrected chi connectivity index (χ3v) is 10.1. The first-order valence-electron chi connectivity index (χ1n) is 22.6. The van der Waals surface area contributed by atoms with E-state index in [1.807, 2.05) is 18.2 Å². The Morgan fingerprint density at radius 1 is 0.517 bits per heavy atom. The van der Waals surface area contributed by atoms with Gasteiger partial charge in [-0.25, -0.2) is 4.57 Å². The summed E-state index contributed by atoms with van der Waals surface area (Å²) >= 11 is 0. The van der Waals surface area contributed by atoms with E-state index in [-0.39, 0.29) is 12.8 Å². The number of aliphatic carboxylic acids is 1. The maximum atomic E-state index is 12.6. The van der Waals surface area contributed by atoms with Gasteiger partial charge in [0, 0.05) is 12.8 Å². The first-order valence-corrected chi connectivity index (χ1v) is 24.1. The fourth-order valence-electron chi connectivity index (χ4n) is 5.56. The van der Waals surface area contributed by atoms with Crippen LogP contribution in [0.3, 0.4) is 0 Å². The zero-order valence-corrected chi connectivity index (χ0v) is 37.9. The molecule has 3 atom stereocenters. The lowest BCUT2D eigenvalue weighted by Gasteiger charge is -2.20. The highest BCUT2D eigenvalue weighted by Gasteiger charge is 2.28. The molecule has 0 spiro atoms. The van der Waals surface area contributed by atoms with E-state index in [0.717, 1.165) is 44.9 Å². The number of ether oxygens (including phenoxy) is 2. The summed E-state index contributed by atoms with van der Waals surface area (Å²) in [5, 5.41) is 8.89. The third kappa shape index (κ3) is 41.4. The van der Waals surface area contributed by atoms with Crippen LogP contribution in [-0.4, -0.2) is 59.9 Å². The molecule has 60 heavy (non-hydrogen) atoms. The van der Waals surface area contributed by atoms with Gasteiger partial charge in [0.05, 0.1) is 13.2 Å². The highest BCUT2D eigenvalue weighted by Crippen LogP contribution is 2.43. The lowest BCUT2D eigenvalue weighted by Crippen LogP contribution is -2.34. The Morgan fingerprint density at radius 3 is 1.42 bits per heavy atom. The molecule has 4 N–H and O–H groups in total. The van der Waals surface area contributed by atoms with Crippen LogP contribution < -0.4 is 5.73 Å². The van der Waals surface area contributed by atoms with Crippen molar-refractivity contribution in [1.29, 1.82) is 0 Å². The van der Waals surface area contributed by atoms with Gasteiger partial charge in [0.2, 0.25) is 0 Å². The van der Waals surface area contributed by atoms with Gasteiger partial charge in [0.15, 0.2) is 6.10 Å². The smallest absolute Gasteiger partial charge is 0.472 e. The molecule has 0 heterocycles. The van der Waals surface area contributed by atoms with E-state index in [1.165, 1.54) is 77.0 Å². The van der Waals surface area contributed by atoms with Crippen molar-refractivity contribution in [2.75, 3.05) is 19.8 Å². The fraction of sp³-hybridized carbons (Fsp3) is 0.646. The molecule has 0 fully saturated rings. The summed E-state index contributed by atoms with van der Waals surface area (Å²) in [6.45, 7) is 2.65. The molecule has 0 aliphatic heterocycles. The zero-order chi connectivity index (χ0) is 44.2. The number of carbonyl (C=O) groups is 3. The van der Waals surface area contributed by atoms with Gasteiger partial charge in [0.1, 0.15) is 12.6 Å². The maximum Gasteiger partial charge on any atom is 0.472 e. The van der Waals surface area contributed by atoms with Crippen LogP contribution in [0.2, 0.25) is 0 Å². The number of carboxylic acid groups (broad SMARTS) is 1. The van der Waals surface area contributed by atoms with Gasteiger partial charge in [-0.2, -0.15) is 0 Å². The van der Waals surface area contributed by atoms with E-state index in [4.69, 9.17) is 24.8 Å². The van der Waals surface area contributed by atoms with Crippen molar-refractivity contribution in [1.82, 2.24) is 0 Å². The highest BCUT2D eigenvalue weighted by molar-refractivity contribution is 7.47. The second-order valence-corrected chi connectivity index (χ2v) is 16.3. The van der Waals surface area contributed by atoms with E-state index >= 15 is 0 Å². The van der Waals surface area contributed by atoms with Crippen molar-refractivity contribution in [3.8, 4) is 0 Å². The quantitative estimate of drug-likeness (QED) is 0.0231. The molecule has 11 nitrogen and oxygen atoms in total. The Bertz CT molecular complexity index is 1340. The number of rotatable bonds is 41. The summed E-state index contributed by atoms with van der Waals surface area (Å²) in [6.07, 6.45) is 52.4. The topological polar surface area (TPSA) is 172 Å². The Labute approximate surface area is 362 Å². The number of phosphoric ester groups is 1. The molecule has 0 aromatic rings. The average Bonchev–Trinajstić information content (AvgIpc) is 3.22. The Kier molecular flexibility index (Phi) is 40.0. The summed E-state index contributed by atoms with van der Waals surface area (Å²) in [4.78, 5) is 45.9. The first-order chi connectivity index (χ1) is 29.1. The lowest BCUT2D eigenvalue weighted by molar-refractivity contribution is -0.161. The zero-order valence-electron chi connectivity index (χ0n) is 37.0. The first kappa shape index (κ1) is 56.7. The van der Waals surface area contributed by atoms with Gasteiger partial charge in [-0.3, -0.25) is 23.4 Å². The van der Waals surface area contributed by atoms with Crippen molar-refractivity contribution in [2.24, 2.45) is 5.73 Å². The van der Waals surface area contributed by atoms with E-state index in [9.17, 15) is 23.8 Å². The minimum atomic E-state index is -4.75. The molecule has 0 rings (SSSR count). The molecule has 0 amide bonds. The van der Waals surface area contributed by atoms with Gasteiger partial charge in [0.25, 0.3) is 0 Å². The molecule has 0 aromatic heterocycles. The van der Waals surface area contributed by atoms with Crippen LogP contribution in [0.1, 0.15) is 168 Å². The highest BCUT2D eigenvalue weighted by atomic mass is 31.2. The largest absolute Gasteiger partial charge is 0.480 e. The third-order valence-electron chi connectivity index (χ3n) is 9.13. The summed E-state index contributed by atoms with van der Waals surface area (Å²) in [7, 11) is -4.75. The second-order valence-electron chi connectivity index (χ2n) is 14.8. The number of carboxylic acids is 1. The number of hydrogen-bond acceptors (Lipinski definition) is 9. The van der Waals surface area contributed by atoms with Gasteiger partial charge in [-0.05, 0) is 77.0 Å². The molecule has 0 aliphatic rings. The van der Waals surface area contributed by atoms with Gasteiger partial charge < -0.3 is 25.2 Å². The molecule has 0 saturated heterocycles. The normalized spacial score (nSPS) is 14.5. The average molecular weight is 862 g/mol. The fourth-order valence-corrected chi connectivity index (χ4v) is 6.33. The van der Waals surface area contributed by atoms with Crippen LogP contribution in [0, 0.1) is 0 Å². The number of allylic oxidation sites excluding steroid dienone is 14. The standard InChI is InChI=1S/C48H80NO10P/c1-3-5-7-9-11-13-15-17-19-21-22-24-25-27-29-31-33-35-37-39-46(50)56-41-44(42-57-60(54,55)58-43-45(49)48(52)53)59-47(51)40-38-36-34-32-30-28-26-23-20-18-16-14-12-10-8-6-4-2/h11,13,17,19,22,24,26-29,32-35,44-45H,3-10,12,14-16,18,20-21,23,25,30-31,36-43,49H2,1-2H3,(H,52,53)(H,54,55)/b13-11+,19-17+,24-22+,28-26+,29-27+,34-32+,35-33+/t44-,45+/m1/s1. The second kappa shape index (κ2) is 42.4. The molecule has 0 radical (unpaired) electrons. The van der Waals surface area contributed by atoms with Crippen molar-refractivity contribution in [3.05, 3.63) is 85.1 Å². The van der Waals surface area contributed by atoms with E-state index in [0.29, 0.717) is 19.3 Å². The monoisotopic (exact) mass is 862 g/mol. The van der Waals surface area contributed by atoms with Gasteiger partial charge >= 0.3 is 25.7 Å². The molecule has 0 bridgehead atoms.